The van der Waals surface area contributed by atoms with Gasteiger partial charge in [-0.3, -0.25) is 4.79 Å². The fourth-order valence-electron chi connectivity index (χ4n) is 2.69. The van der Waals surface area contributed by atoms with Crippen LogP contribution in [0.15, 0.2) is 0 Å². The number of carbonyl (C=O) groups is 1. The average molecular weight is 288 g/mol. The second kappa shape index (κ2) is 6.22. The van der Waals surface area contributed by atoms with Crippen molar-refractivity contribution in [1.82, 2.24) is 9.21 Å². The number of sulfonamides is 1. The Kier molecular flexibility index (Phi) is 4.84. The van der Waals surface area contributed by atoms with Crippen LogP contribution in [0.4, 0.5) is 0 Å². The highest BCUT2D eigenvalue weighted by Crippen LogP contribution is 2.28. The molecule has 2 fully saturated rings. The second-order valence-electron chi connectivity index (χ2n) is 5.52. The summed E-state index contributed by atoms with van der Waals surface area (Å²) in [5.74, 6) is 0.656. The molecule has 0 bridgehead atoms. The lowest BCUT2D eigenvalue weighted by molar-refractivity contribution is -0.138. The zero-order valence-electron chi connectivity index (χ0n) is 11.7. The van der Waals surface area contributed by atoms with E-state index in [0.29, 0.717) is 32.6 Å². The van der Waals surface area contributed by atoms with E-state index in [-0.39, 0.29) is 17.6 Å². The molecule has 0 atom stereocenters. The molecule has 0 radical (unpaired) electrons. The van der Waals surface area contributed by atoms with Gasteiger partial charge in [-0.25, -0.2) is 12.7 Å². The number of nitrogens with zero attached hydrogens (tertiary/aromatic N) is 2. The van der Waals surface area contributed by atoms with Crippen molar-refractivity contribution in [3.8, 4) is 0 Å². The quantitative estimate of drug-likeness (QED) is 0.777. The van der Waals surface area contributed by atoms with Crippen LogP contribution in [-0.4, -0.2) is 55.5 Å². The predicted octanol–water partition coefficient (Wildman–Crippen LogP) is 1.06. The molecule has 0 unspecified atom stereocenters. The van der Waals surface area contributed by atoms with E-state index in [1.807, 2.05) is 11.8 Å². The molecule has 1 aliphatic heterocycles. The summed E-state index contributed by atoms with van der Waals surface area (Å²) in [5.41, 5.74) is 0. The lowest BCUT2D eigenvalue weighted by Crippen LogP contribution is -2.42. The molecule has 5 nitrogen and oxygen atoms in total. The SMILES string of the molecule is CCCS(=O)(=O)N1CCCN(C(=O)C2CCC2)CC1. The van der Waals surface area contributed by atoms with Gasteiger partial charge in [0.15, 0.2) is 0 Å². The van der Waals surface area contributed by atoms with Crippen LogP contribution in [0, 0.1) is 5.92 Å². The third kappa shape index (κ3) is 3.48. The maximum atomic E-state index is 12.2. The summed E-state index contributed by atoms with van der Waals surface area (Å²) in [5, 5.41) is 0. The highest BCUT2D eigenvalue weighted by atomic mass is 32.2. The van der Waals surface area contributed by atoms with E-state index >= 15 is 0 Å². The van der Waals surface area contributed by atoms with E-state index in [0.717, 1.165) is 25.7 Å². The van der Waals surface area contributed by atoms with Crippen molar-refractivity contribution in [2.45, 2.75) is 39.0 Å². The predicted molar refractivity (Wildman–Crippen MR) is 74.2 cm³/mol. The van der Waals surface area contributed by atoms with Crippen molar-refractivity contribution < 1.29 is 13.2 Å². The van der Waals surface area contributed by atoms with Crippen molar-refractivity contribution in [3.05, 3.63) is 0 Å². The van der Waals surface area contributed by atoms with E-state index in [4.69, 9.17) is 0 Å². The minimum Gasteiger partial charge on any atom is -0.341 e. The molecule has 1 aliphatic carbocycles. The summed E-state index contributed by atoms with van der Waals surface area (Å²) in [4.78, 5) is 14.0. The summed E-state index contributed by atoms with van der Waals surface area (Å²) in [6.45, 7) is 4.14. The van der Waals surface area contributed by atoms with Crippen molar-refractivity contribution in [2.24, 2.45) is 5.92 Å². The molecule has 1 heterocycles. The van der Waals surface area contributed by atoms with E-state index < -0.39 is 10.0 Å². The highest BCUT2D eigenvalue weighted by molar-refractivity contribution is 7.89. The van der Waals surface area contributed by atoms with Gasteiger partial charge in [-0.15, -0.1) is 0 Å². The smallest absolute Gasteiger partial charge is 0.225 e. The molecule has 0 aromatic rings. The van der Waals surface area contributed by atoms with Crippen molar-refractivity contribution in [2.75, 3.05) is 31.9 Å². The first-order valence-corrected chi connectivity index (χ1v) is 8.92. The number of hydrogen-bond donors (Lipinski definition) is 0. The van der Waals surface area contributed by atoms with Gasteiger partial charge < -0.3 is 4.90 Å². The zero-order chi connectivity index (χ0) is 13.9. The molecule has 0 N–H and O–H groups in total. The molecular weight excluding hydrogens is 264 g/mol. The zero-order valence-corrected chi connectivity index (χ0v) is 12.5. The van der Waals surface area contributed by atoms with E-state index in [1.165, 1.54) is 0 Å². The van der Waals surface area contributed by atoms with Gasteiger partial charge in [0.25, 0.3) is 0 Å². The van der Waals surface area contributed by atoms with Gasteiger partial charge in [0.1, 0.15) is 0 Å². The summed E-state index contributed by atoms with van der Waals surface area (Å²) >= 11 is 0. The van der Waals surface area contributed by atoms with Gasteiger partial charge in [-0.1, -0.05) is 13.3 Å². The standard InChI is InChI=1S/C13H24N2O3S/c1-2-11-19(17,18)15-8-4-7-14(9-10-15)13(16)12-5-3-6-12/h12H,2-11H2,1H3. The van der Waals surface area contributed by atoms with Crippen molar-refractivity contribution >= 4 is 15.9 Å². The maximum absolute atomic E-state index is 12.2. The summed E-state index contributed by atoms with van der Waals surface area (Å²) in [6, 6.07) is 0. The molecule has 1 saturated carbocycles. The molecule has 110 valence electrons. The van der Waals surface area contributed by atoms with Crippen LogP contribution < -0.4 is 0 Å². The molecule has 0 aromatic carbocycles. The van der Waals surface area contributed by atoms with Gasteiger partial charge in [0.2, 0.25) is 15.9 Å². The van der Waals surface area contributed by atoms with Gasteiger partial charge in [-0.2, -0.15) is 0 Å². The van der Waals surface area contributed by atoms with Gasteiger partial charge in [0, 0.05) is 32.1 Å². The molecule has 19 heavy (non-hydrogen) atoms. The fourth-order valence-corrected chi connectivity index (χ4v) is 4.23. The Morgan fingerprint density at radius 1 is 1.11 bits per heavy atom. The lowest BCUT2D eigenvalue weighted by atomic mass is 9.84. The molecule has 0 spiro atoms. The van der Waals surface area contributed by atoms with E-state index in [9.17, 15) is 13.2 Å². The summed E-state index contributed by atoms with van der Waals surface area (Å²) < 4.78 is 25.6. The Balaban J connectivity index is 1.92. The first kappa shape index (κ1) is 14.8. The lowest BCUT2D eigenvalue weighted by Gasteiger charge is -2.30. The second-order valence-corrected chi connectivity index (χ2v) is 7.61. The molecule has 2 aliphatic rings. The van der Waals surface area contributed by atoms with Crippen molar-refractivity contribution in [3.63, 3.8) is 0 Å². The van der Waals surface area contributed by atoms with Crippen LogP contribution in [0.1, 0.15) is 39.0 Å². The summed E-state index contributed by atoms with van der Waals surface area (Å²) in [7, 11) is -3.12. The van der Waals surface area contributed by atoms with Crippen LogP contribution >= 0.6 is 0 Å². The highest BCUT2D eigenvalue weighted by Gasteiger charge is 2.31. The Labute approximate surface area is 116 Å². The monoisotopic (exact) mass is 288 g/mol. The molecule has 2 rings (SSSR count). The topological polar surface area (TPSA) is 57.7 Å². The van der Waals surface area contributed by atoms with Crippen LogP contribution in [0.25, 0.3) is 0 Å². The Morgan fingerprint density at radius 3 is 2.42 bits per heavy atom. The third-order valence-corrected chi connectivity index (χ3v) is 6.15. The van der Waals surface area contributed by atoms with Gasteiger partial charge in [0.05, 0.1) is 5.75 Å². The Bertz CT molecular complexity index is 418. The van der Waals surface area contributed by atoms with Crippen LogP contribution in [0.5, 0.6) is 0 Å². The molecule has 0 aromatic heterocycles. The molecule has 6 heteroatoms. The number of amides is 1. The normalized spacial score (nSPS) is 22.9. The van der Waals surface area contributed by atoms with E-state index in [2.05, 4.69) is 0 Å². The van der Waals surface area contributed by atoms with Crippen LogP contribution in [0.3, 0.4) is 0 Å². The van der Waals surface area contributed by atoms with Crippen LogP contribution in [-0.2, 0) is 14.8 Å². The first-order chi connectivity index (χ1) is 9.04. The number of carbonyl (C=O) groups excluding carboxylic acids is 1. The first-order valence-electron chi connectivity index (χ1n) is 7.31. The average Bonchev–Trinajstić information content (AvgIpc) is 2.52. The van der Waals surface area contributed by atoms with Crippen molar-refractivity contribution in [1.29, 1.82) is 0 Å². The van der Waals surface area contributed by atoms with Gasteiger partial charge >= 0.3 is 0 Å². The summed E-state index contributed by atoms with van der Waals surface area (Å²) in [6.07, 6.45) is 4.56. The number of hydrogen-bond acceptors (Lipinski definition) is 3. The fraction of sp³-hybridized carbons (Fsp3) is 0.923. The molecule has 1 saturated heterocycles. The van der Waals surface area contributed by atoms with Gasteiger partial charge in [-0.05, 0) is 25.7 Å². The largest absolute Gasteiger partial charge is 0.341 e. The minimum absolute atomic E-state index is 0.207. The van der Waals surface area contributed by atoms with Crippen LogP contribution in [0.2, 0.25) is 0 Å². The minimum atomic E-state index is -3.12. The van der Waals surface area contributed by atoms with E-state index in [1.54, 1.807) is 4.31 Å². The molecular formula is C13H24N2O3S. The number of rotatable bonds is 4. The Hall–Kier alpha value is -0.620. The molecule has 1 amide bonds. The third-order valence-electron chi connectivity index (χ3n) is 4.08. The Morgan fingerprint density at radius 2 is 1.84 bits per heavy atom. The maximum Gasteiger partial charge on any atom is 0.225 e.